The molecule has 3 aliphatic rings. The topological polar surface area (TPSA) is 114 Å². The molecule has 0 spiro atoms. The highest BCUT2D eigenvalue weighted by atomic mass is 16.5. The molecule has 0 aromatic heterocycles. The molecule has 1 N–H and O–H groups in total. The summed E-state index contributed by atoms with van der Waals surface area (Å²) < 4.78 is 24.0. The Labute approximate surface area is 313 Å². The second-order valence-corrected chi connectivity index (χ2v) is 13.3. The maximum Gasteiger partial charge on any atom is 0.261 e. The van der Waals surface area contributed by atoms with Gasteiger partial charge in [-0.3, -0.25) is 24.5 Å². The van der Waals surface area contributed by atoms with E-state index in [4.69, 9.17) is 23.9 Å². The van der Waals surface area contributed by atoms with Crippen molar-refractivity contribution in [3.05, 3.63) is 124 Å². The lowest BCUT2D eigenvalue weighted by Gasteiger charge is -2.22. The van der Waals surface area contributed by atoms with Crippen molar-refractivity contribution in [2.24, 2.45) is 9.98 Å². The minimum Gasteiger partial charge on any atom is -0.493 e. The summed E-state index contributed by atoms with van der Waals surface area (Å²) in [7, 11) is 4.94. The van der Waals surface area contributed by atoms with Crippen LogP contribution in [0.25, 0.3) is 0 Å². The molecule has 5 aromatic carbocycles. The first-order valence-corrected chi connectivity index (χ1v) is 17.7. The van der Waals surface area contributed by atoms with Crippen LogP contribution in [0.5, 0.6) is 23.0 Å². The zero-order valence-electron chi connectivity index (χ0n) is 30.3. The molecule has 11 heteroatoms. The number of ether oxygens (including phenoxy) is 4. The van der Waals surface area contributed by atoms with E-state index >= 15 is 0 Å². The average molecular weight is 722 g/mol. The Morgan fingerprint density at radius 2 is 1.52 bits per heavy atom. The van der Waals surface area contributed by atoms with E-state index in [2.05, 4.69) is 17.0 Å². The molecular formula is C43H39N5O6. The number of amides is 2. The molecule has 3 aliphatic heterocycles. The van der Waals surface area contributed by atoms with Gasteiger partial charge in [0.15, 0.2) is 23.0 Å². The SMILES string of the molecule is C=Nc1cc(OCc2cc(COc3cc4c(cc3OC)C(=O)N3c5ccccc5CC3C=N4)cc(NC)c2)c(OC)cc1C(=O)N1CCc2ccccc21. The van der Waals surface area contributed by atoms with Gasteiger partial charge in [-0.05, 0) is 77.9 Å². The largest absolute Gasteiger partial charge is 0.493 e. The van der Waals surface area contributed by atoms with Crippen LogP contribution < -0.4 is 34.1 Å². The molecule has 8 rings (SSSR count). The third-order valence-electron chi connectivity index (χ3n) is 10.1. The van der Waals surface area contributed by atoms with E-state index in [9.17, 15) is 9.59 Å². The summed E-state index contributed by atoms with van der Waals surface area (Å²) in [4.78, 5) is 40.0. The molecule has 0 bridgehead atoms. The van der Waals surface area contributed by atoms with Crippen molar-refractivity contribution in [1.82, 2.24) is 0 Å². The number of rotatable bonds is 11. The molecule has 11 nitrogen and oxygen atoms in total. The number of nitrogens with one attached hydrogen (secondary N) is 1. The fourth-order valence-corrected chi connectivity index (χ4v) is 7.40. The fourth-order valence-electron chi connectivity index (χ4n) is 7.40. The number of aliphatic imine (C=N–C) groups is 2. The van der Waals surface area contributed by atoms with Gasteiger partial charge < -0.3 is 29.2 Å². The smallest absolute Gasteiger partial charge is 0.261 e. The van der Waals surface area contributed by atoms with Crippen LogP contribution in [-0.2, 0) is 26.1 Å². The predicted molar refractivity (Wildman–Crippen MR) is 211 cm³/mol. The molecule has 0 fully saturated rings. The monoisotopic (exact) mass is 721 g/mol. The van der Waals surface area contributed by atoms with Gasteiger partial charge in [0.05, 0.1) is 42.8 Å². The predicted octanol–water partition coefficient (Wildman–Crippen LogP) is 7.73. The maximum absolute atomic E-state index is 13.8. The molecule has 1 unspecified atom stereocenters. The number of para-hydroxylation sites is 2. The number of hydrogen-bond acceptors (Lipinski definition) is 9. The third-order valence-corrected chi connectivity index (χ3v) is 10.1. The normalized spacial score (nSPS) is 15.1. The Morgan fingerprint density at radius 1 is 0.852 bits per heavy atom. The zero-order valence-corrected chi connectivity index (χ0v) is 30.3. The van der Waals surface area contributed by atoms with Gasteiger partial charge in [0.1, 0.15) is 13.2 Å². The van der Waals surface area contributed by atoms with Crippen LogP contribution in [0.2, 0.25) is 0 Å². The first kappa shape index (κ1) is 34.5. The number of methoxy groups -OCH3 is 2. The molecule has 54 heavy (non-hydrogen) atoms. The molecule has 0 saturated heterocycles. The van der Waals surface area contributed by atoms with E-state index in [1.54, 1.807) is 43.4 Å². The van der Waals surface area contributed by atoms with E-state index in [1.165, 1.54) is 0 Å². The number of carbonyl (C=O) groups excluding carboxylic acids is 2. The number of nitrogens with zero attached hydrogens (tertiary/aromatic N) is 4. The first-order valence-electron chi connectivity index (χ1n) is 17.7. The lowest BCUT2D eigenvalue weighted by atomic mass is 10.1. The van der Waals surface area contributed by atoms with Gasteiger partial charge in [-0.1, -0.05) is 36.4 Å². The van der Waals surface area contributed by atoms with Crippen molar-refractivity contribution in [3.8, 4) is 23.0 Å². The lowest BCUT2D eigenvalue weighted by Crippen LogP contribution is -2.37. The summed E-state index contributed by atoms with van der Waals surface area (Å²) in [6.45, 7) is 4.73. The zero-order chi connectivity index (χ0) is 37.3. The second kappa shape index (κ2) is 14.4. The Kier molecular flexibility index (Phi) is 9.20. The van der Waals surface area contributed by atoms with Gasteiger partial charge in [-0.2, -0.15) is 0 Å². The van der Waals surface area contributed by atoms with Crippen LogP contribution in [0.4, 0.5) is 28.4 Å². The number of hydrogen-bond donors (Lipinski definition) is 1. The maximum atomic E-state index is 13.8. The quantitative estimate of drug-likeness (QED) is 0.139. The number of fused-ring (bicyclic) bond motifs is 5. The lowest BCUT2D eigenvalue weighted by molar-refractivity contribution is 0.0980. The number of benzene rings is 5. The molecular weight excluding hydrogens is 683 g/mol. The summed E-state index contributed by atoms with van der Waals surface area (Å²) >= 11 is 0. The number of anilines is 3. The minimum atomic E-state index is -0.172. The van der Waals surface area contributed by atoms with E-state index in [0.717, 1.165) is 45.7 Å². The van der Waals surface area contributed by atoms with Gasteiger partial charge in [0.2, 0.25) is 0 Å². The van der Waals surface area contributed by atoms with Crippen molar-refractivity contribution in [2.75, 3.05) is 42.9 Å². The highest BCUT2D eigenvalue weighted by Crippen LogP contribution is 2.42. The Balaban J connectivity index is 0.999. The molecule has 0 saturated carbocycles. The third kappa shape index (κ3) is 6.27. The van der Waals surface area contributed by atoms with Crippen molar-refractivity contribution in [1.29, 1.82) is 0 Å². The van der Waals surface area contributed by atoms with Gasteiger partial charge in [0.25, 0.3) is 11.8 Å². The van der Waals surface area contributed by atoms with Crippen LogP contribution in [0.1, 0.15) is 43.0 Å². The molecule has 0 aliphatic carbocycles. The summed E-state index contributed by atoms with van der Waals surface area (Å²) in [5.41, 5.74) is 8.45. The van der Waals surface area contributed by atoms with Gasteiger partial charge in [0, 0.05) is 55.4 Å². The van der Waals surface area contributed by atoms with E-state index in [-0.39, 0.29) is 31.1 Å². The Bertz CT molecular complexity index is 2340. The summed E-state index contributed by atoms with van der Waals surface area (Å²) in [5.74, 6) is 1.45. The molecule has 0 radical (unpaired) electrons. The van der Waals surface area contributed by atoms with E-state index in [0.29, 0.717) is 58.5 Å². The van der Waals surface area contributed by atoms with Crippen LogP contribution >= 0.6 is 0 Å². The van der Waals surface area contributed by atoms with Crippen molar-refractivity contribution < 1.29 is 28.5 Å². The molecule has 3 heterocycles. The number of carbonyl (C=O) groups is 2. The summed E-state index contributed by atoms with van der Waals surface area (Å²) in [6, 6.07) is 28.5. The van der Waals surface area contributed by atoms with Crippen LogP contribution in [0.3, 0.4) is 0 Å². The van der Waals surface area contributed by atoms with Crippen molar-refractivity contribution in [3.63, 3.8) is 0 Å². The average Bonchev–Trinajstić information content (AvgIpc) is 3.78. The molecule has 5 aromatic rings. The van der Waals surface area contributed by atoms with Crippen LogP contribution in [0.15, 0.2) is 101 Å². The summed E-state index contributed by atoms with van der Waals surface area (Å²) in [6.07, 6.45) is 3.34. The minimum absolute atomic E-state index is 0.125. The molecule has 2 amide bonds. The molecule has 1 atom stereocenters. The standard InChI is InChI=1S/C43H39N5O6/c1-44-30-16-26(24-53-40-21-34(45-2)32(19-38(40)51-3)42(49)47-14-13-28-9-5-7-11-36(28)47)15-27(17-30)25-54-41-22-35-33(20-39(41)52-4)43(50)48-31(23-46-35)18-29-10-6-8-12-37(29)48/h5-12,15-17,19-23,31,44H,2,13-14,18,24-25H2,1,3-4H3. The van der Waals surface area contributed by atoms with Gasteiger partial charge in [-0.15, -0.1) is 0 Å². The highest BCUT2D eigenvalue weighted by Gasteiger charge is 2.36. The fraction of sp³-hybridized carbons (Fsp3) is 0.209. The van der Waals surface area contributed by atoms with Crippen LogP contribution in [-0.4, -0.2) is 58.6 Å². The van der Waals surface area contributed by atoms with E-state index in [1.807, 2.05) is 84.9 Å². The van der Waals surface area contributed by atoms with E-state index < -0.39 is 0 Å². The Hall–Kier alpha value is -6.62. The van der Waals surface area contributed by atoms with Crippen molar-refractivity contribution in [2.45, 2.75) is 32.1 Å². The van der Waals surface area contributed by atoms with Gasteiger partial charge in [-0.25, -0.2) is 0 Å². The van der Waals surface area contributed by atoms with Crippen LogP contribution in [0, 0.1) is 0 Å². The van der Waals surface area contributed by atoms with Gasteiger partial charge >= 0.3 is 0 Å². The highest BCUT2D eigenvalue weighted by molar-refractivity contribution is 6.15. The Morgan fingerprint density at radius 3 is 2.22 bits per heavy atom. The first-order chi connectivity index (χ1) is 26.4. The second-order valence-electron chi connectivity index (χ2n) is 13.3. The van der Waals surface area contributed by atoms with Crippen molar-refractivity contribution >= 4 is 53.2 Å². The molecule has 272 valence electrons. The summed E-state index contributed by atoms with van der Waals surface area (Å²) in [5, 5.41) is 3.21.